The normalized spacial score (nSPS) is 14.4. The van der Waals surface area contributed by atoms with Gasteiger partial charge >= 0.3 is 57.4 Å². The number of alkyl halides is 1. The Labute approximate surface area is 156 Å². The van der Waals surface area contributed by atoms with Crippen LogP contribution in [0.4, 0.5) is 0 Å². The quantitative estimate of drug-likeness (QED) is 0.275. The zero-order valence-corrected chi connectivity index (χ0v) is 10.5. The van der Waals surface area contributed by atoms with Gasteiger partial charge < -0.3 is 5.11 Å². The van der Waals surface area contributed by atoms with Crippen LogP contribution >= 0.6 is 35.6 Å². The van der Waals surface area contributed by atoms with Gasteiger partial charge in [0.1, 0.15) is 15.8 Å². The summed E-state index contributed by atoms with van der Waals surface area (Å²) in [6.45, 7) is -0.411. The molecule has 8 heteroatoms. The molecule has 1 heterocycles. The molecule has 1 amide bonds. The van der Waals surface area contributed by atoms with E-state index in [9.17, 15) is 9.59 Å². The molecule has 1 fully saturated rings. The zero-order chi connectivity index (χ0) is 12.1. The fourth-order valence-corrected chi connectivity index (χ4v) is 2.25. The minimum absolute atomic E-state index is 0. The molecule has 0 atom stereocenters. The van der Waals surface area contributed by atoms with E-state index in [1.165, 1.54) is 0 Å². The number of hydrogen-bond acceptors (Lipinski definition) is 4. The van der Waals surface area contributed by atoms with Gasteiger partial charge in [0.15, 0.2) is 0 Å². The molecule has 17 heavy (non-hydrogen) atoms. The summed E-state index contributed by atoms with van der Waals surface area (Å²) in [6.07, 6.45) is 2.24. The molecule has 1 rings (SSSR count). The number of thiocarbonyl (C=S) groups is 1. The number of aliphatic carboxylic acids is 1. The monoisotopic (exact) mass is 317 g/mol. The van der Waals surface area contributed by atoms with Gasteiger partial charge in [0, 0.05) is 5.88 Å². The molecule has 0 bridgehead atoms. The molecule has 0 saturated carbocycles. The van der Waals surface area contributed by atoms with Crippen LogP contribution in [0, 0.1) is 0 Å². The SMILES string of the molecule is O=C(O)CN1C(=O)C(=C=CCCCl)SC1=S.[KH]. The van der Waals surface area contributed by atoms with Crippen LogP contribution in [0.3, 0.4) is 0 Å². The first kappa shape index (κ1) is 17.8. The van der Waals surface area contributed by atoms with Crippen LogP contribution in [-0.2, 0) is 9.59 Å². The fourth-order valence-electron chi connectivity index (χ4n) is 0.974. The Hall–Kier alpha value is 0.826. The summed E-state index contributed by atoms with van der Waals surface area (Å²) in [4.78, 5) is 23.5. The summed E-state index contributed by atoms with van der Waals surface area (Å²) in [5.74, 6) is -1.06. The number of carboxylic acids is 1. The summed E-state index contributed by atoms with van der Waals surface area (Å²) in [6, 6.07) is 0. The van der Waals surface area contributed by atoms with Crippen molar-refractivity contribution in [1.82, 2.24) is 4.90 Å². The molecule has 1 N–H and O–H groups in total. The number of carboxylic acid groups (broad SMARTS) is 1. The molecule has 0 aromatic carbocycles. The molecular weight excluding hydrogens is 309 g/mol. The van der Waals surface area contributed by atoms with Crippen LogP contribution in [0.1, 0.15) is 6.42 Å². The van der Waals surface area contributed by atoms with Gasteiger partial charge in [-0.2, -0.15) is 0 Å². The van der Waals surface area contributed by atoms with E-state index in [4.69, 9.17) is 28.9 Å². The van der Waals surface area contributed by atoms with E-state index in [1.807, 2.05) is 0 Å². The number of amides is 1. The number of halogens is 1. The molecular formula is C9H9ClKNO3S2. The van der Waals surface area contributed by atoms with Crippen molar-refractivity contribution in [3.8, 4) is 0 Å². The van der Waals surface area contributed by atoms with Crippen LogP contribution in [-0.4, -0.2) is 90.0 Å². The Morgan fingerprint density at radius 1 is 1.65 bits per heavy atom. The first-order valence-corrected chi connectivity index (χ1v) is 6.08. The number of carbonyl (C=O) groups excluding carboxylic acids is 1. The topological polar surface area (TPSA) is 57.6 Å². The van der Waals surface area contributed by atoms with Crippen LogP contribution in [0.5, 0.6) is 0 Å². The third kappa shape index (κ3) is 5.55. The summed E-state index contributed by atoms with van der Waals surface area (Å²) in [5.41, 5.74) is 2.76. The van der Waals surface area contributed by atoms with E-state index in [1.54, 1.807) is 6.08 Å². The van der Waals surface area contributed by atoms with Crippen LogP contribution in [0.25, 0.3) is 0 Å². The van der Waals surface area contributed by atoms with Gasteiger partial charge in [-0.05, 0) is 24.3 Å². The molecule has 0 spiro atoms. The molecule has 0 radical (unpaired) electrons. The van der Waals surface area contributed by atoms with E-state index >= 15 is 0 Å². The van der Waals surface area contributed by atoms with Gasteiger partial charge in [-0.3, -0.25) is 14.5 Å². The summed E-state index contributed by atoms with van der Waals surface area (Å²) in [5, 5.41) is 8.59. The van der Waals surface area contributed by atoms with Crippen molar-refractivity contribution in [3.05, 3.63) is 16.7 Å². The van der Waals surface area contributed by atoms with Crippen molar-refractivity contribution in [2.45, 2.75) is 6.42 Å². The average Bonchev–Trinajstić information content (AvgIpc) is 2.46. The second-order valence-corrected chi connectivity index (χ2v) is 4.83. The third-order valence-corrected chi connectivity index (χ3v) is 3.21. The van der Waals surface area contributed by atoms with Crippen LogP contribution in [0.15, 0.2) is 16.7 Å². The Morgan fingerprint density at radius 3 is 2.82 bits per heavy atom. The third-order valence-electron chi connectivity index (χ3n) is 1.63. The predicted octanol–water partition coefficient (Wildman–Crippen LogP) is 0.951. The molecule has 88 valence electrons. The maximum absolute atomic E-state index is 11.6. The number of carbonyl (C=O) groups is 2. The first-order chi connectivity index (χ1) is 7.56. The van der Waals surface area contributed by atoms with Gasteiger partial charge in [-0.1, -0.05) is 12.2 Å². The van der Waals surface area contributed by atoms with Crippen molar-refractivity contribution in [2.24, 2.45) is 0 Å². The number of rotatable bonds is 4. The van der Waals surface area contributed by atoms with E-state index in [-0.39, 0.29) is 55.7 Å². The van der Waals surface area contributed by atoms with Gasteiger partial charge in [-0.15, -0.1) is 17.3 Å². The van der Waals surface area contributed by atoms with Crippen molar-refractivity contribution in [1.29, 1.82) is 0 Å². The van der Waals surface area contributed by atoms with Crippen molar-refractivity contribution < 1.29 is 14.7 Å². The average molecular weight is 318 g/mol. The van der Waals surface area contributed by atoms with Gasteiger partial charge in [0.2, 0.25) is 0 Å². The molecule has 0 unspecified atom stereocenters. The Balaban J connectivity index is 0.00000256. The van der Waals surface area contributed by atoms with Gasteiger partial charge in [0.25, 0.3) is 5.91 Å². The van der Waals surface area contributed by atoms with Gasteiger partial charge in [0.05, 0.1) is 0 Å². The van der Waals surface area contributed by atoms with Gasteiger partial charge in [-0.25, -0.2) is 0 Å². The van der Waals surface area contributed by atoms with Crippen molar-refractivity contribution >= 4 is 103 Å². The van der Waals surface area contributed by atoms with Crippen molar-refractivity contribution in [2.75, 3.05) is 12.4 Å². The van der Waals surface area contributed by atoms with Crippen LogP contribution < -0.4 is 0 Å². The molecule has 4 nitrogen and oxygen atoms in total. The maximum atomic E-state index is 11.6. The molecule has 0 aromatic rings. The fraction of sp³-hybridized carbons (Fsp3) is 0.333. The van der Waals surface area contributed by atoms with E-state index in [0.29, 0.717) is 17.2 Å². The summed E-state index contributed by atoms with van der Waals surface area (Å²) in [7, 11) is 0. The van der Waals surface area contributed by atoms with E-state index in [2.05, 4.69) is 5.73 Å². The standard InChI is InChI=1S/C9H8ClNO3S2.K.H/c10-4-2-1-3-6-8(14)11(5-7(12)13)9(15)16-6;;/h1H,2,4-5H2,(H,12,13);;. The van der Waals surface area contributed by atoms with E-state index in [0.717, 1.165) is 16.7 Å². The summed E-state index contributed by atoms with van der Waals surface area (Å²) >= 11 is 11.4. The molecule has 0 aliphatic carbocycles. The van der Waals surface area contributed by atoms with Crippen LogP contribution in [0.2, 0.25) is 0 Å². The molecule has 1 aliphatic rings. The Morgan fingerprint density at radius 2 is 2.29 bits per heavy atom. The predicted molar refractivity (Wildman–Crippen MR) is 73.6 cm³/mol. The zero-order valence-electron chi connectivity index (χ0n) is 8.10. The number of nitrogens with zero attached hydrogens (tertiary/aromatic N) is 1. The second-order valence-electron chi connectivity index (χ2n) is 2.81. The first-order valence-electron chi connectivity index (χ1n) is 4.33. The van der Waals surface area contributed by atoms with E-state index < -0.39 is 18.4 Å². The number of thioether (sulfide) groups is 1. The second kappa shape index (κ2) is 8.85. The Kier molecular flexibility index (Phi) is 9.28. The molecule has 1 saturated heterocycles. The molecule has 1 aliphatic heterocycles. The number of hydrogen-bond donors (Lipinski definition) is 1. The van der Waals surface area contributed by atoms with Crippen molar-refractivity contribution in [3.63, 3.8) is 0 Å². The minimum atomic E-state index is -1.10. The Bertz CT molecular complexity index is 407. The summed E-state index contributed by atoms with van der Waals surface area (Å²) < 4.78 is 0.245. The molecule has 0 aromatic heterocycles.